The highest BCUT2D eigenvalue weighted by Crippen LogP contribution is 1.75. The predicted octanol–water partition coefficient (Wildman–Crippen LogP) is 0.0848. The normalized spacial score (nSPS) is 8.62. The summed E-state index contributed by atoms with van der Waals surface area (Å²) >= 11 is 1.75. The maximum absolute atomic E-state index is 10.2. The fraction of sp³-hybridized carbons (Fsp3) is 0.333. The van der Waals surface area contributed by atoms with Gasteiger partial charge in [-0.25, -0.2) is 4.99 Å². The van der Waals surface area contributed by atoms with E-state index in [0.29, 0.717) is 0 Å². The molecule has 0 aromatic rings. The molecule has 0 rings (SSSR count). The second-order valence-corrected chi connectivity index (χ2v) is 1.36. The summed E-state index contributed by atoms with van der Waals surface area (Å²) in [6.45, 7) is 2.94. The second kappa shape index (κ2) is 5.13. The van der Waals surface area contributed by atoms with Crippen LogP contribution < -0.4 is 3.69 Å². The molecule has 0 aromatic carbocycles. The van der Waals surface area contributed by atoms with E-state index in [4.69, 9.17) is 0 Å². The third kappa shape index (κ3) is 4.16. The Kier molecular flexibility index (Phi) is 5.13. The molecule has 0 atom stereocenters. The topological polar surface area (TPSA) is 50.7 Å². The van der Waals surface area contributed by atoms with Gasteiger partial charge in [0, 0.05) is 22.9 Å². The number of aliphatic imine (C=N–C) groups is 1. The molecule has 0 aliphatic carbocycles. The number of hydrogen-bond acceptors (Lipinski definition) is 3. The number of carbonyl (C=O) groups is 1. The molecule has 0 aliphatic heterocycles. The Morgan fingerprint density at radius 2 is 2.62 bits per heavy atom. The number of rotatable bonds is 3. The molecule has 8 heavy (non-hydrogen) atoms. The van der Waals surface area contributed by atoms with Crippen LogP contribution in [0, 0.1) is 0 Å². The van der Waals surface area contributed by atoms with Crippen molar-refractivity contribution in [3.05, 3.63) is 0 Å². The Bertz CT molecular complexity index is 95.3. The van der Waals surface area contributed by atoms with Crippen molar-refractivity contribution in [3.8, 4) is 0 Å². The summed E-state index contributed by atoms with van der Waals surface area (Å²) in [4.78, 5) is 17.7. The van der Waals surface area contributed by atoms with Crippen molar-refractivity contribution in [1.29, 1.82) is 0 Å². The van der Waals surface area contributed by atoms with Crippen LogP contribution in [-0.2, 0) is 9.63 Å². The number of halogens is 1. The van der Waals surface area contributed by atoms with E-state index in [1.807, 2.05) is 0 Å². The Morgan fingerprint density at radius 3 is 3.00 bits per heavy atom. The predicted molar refractivity (Wildman–Crippen MR) is 37.7 cm³/mol. The minimum atomic E-state index is -0.380. The molecule has 1 N–H and O–H groups in total. The molecule has 0 spiro atoms. The zero-order chi connectivity index (χ0) is 6.41. The number of hydrogen-bond donors (Lipinski definition) is 1. The maximum Gasteiger partial charge on any atom is 0.273 e. The van der Waals surface area contributed by atoms with Crippen molar-refractivity contribution in [2.75, 3.05) is 6.61 Å². The van der Waals surface area contributed by atoms with Crippen LogP contribution in [0.15, 0.2) is 4.99 Å². The fourth-order valence-corrected chi connectivity index (χ4v) is 0.290. The van der Waals surface area contributed by atoms with Crippen LogP contribution in [-0.4, -0.2) is 19.2 Å². The van der Waals surface area contributed by atoms with E-state index in [9.17, 15) is 4.79 Å². The third-order valence-corrected chi connectivity index (χ3v) is 0.738. The van der Waals surface area contributed by atoms with E-state index in [0.717, 1.165) is 0 Å². The molecule has 0 radical (unpaired) electrons. The first kappa shape index (κ1) is 7.99. The van der Waals surface area contributed by atoms with Gasteiger partial charge in [-0.1, -0.05) is 0 Å². The van der Waals surface area contributed by atoms with Crippen molar-refractivity contribution in [3.63, 3.8) is 0 Å². The van der Waals surface area contributed by atoms with Gasteiger partial charge in [-0.3, -0.25) is 9.63 Å². The van der Waals surface area contributed by atoms with Crippen molar-refractivity contribution < 1.29 is 9.63 Å². The Balaban J connectivity index is 3.11. The highest BCUT2D eigenvalue weighted by Gasteiger charge is 1.92. The lowest BCUT2D eigenvalue weighted by Crippen LogP contribution is -2.09. The molecule has 46 valence electrons. The zero-order valence-electron chi connectivity index (χ0n) is 4.06. The van der Waals surface area contributed by atoms with Crippen LogP contribution in [0.4, 0.5) is 0 Å². The molecule has 5 heteroatoms. The van der Waals surface area contributed by atoms with Crippen molar-refractivity contribution in [2.45, 2.75) is 0 Å². The van der Waals surface area contributed by atoms with E-state index in [2.05, 4.69) is 20.2 Å². The van der Waals surface area contributed by atoms with Gasteiger partial charge in [0.25, 0.3) is 5.91 Å². The van der Waals surface area contributed by atoms with E-state index >= 15 is 0 Å². The van der Waals surface area contributed by atoms with Gasteiger partial charge in [-0.05, 0) is 6.72 Å². The Morgan fingerprint density at radius 1 is 2.00 bits per heavy atom. The number of carbonyl (C=O) groups excluding carboxylic acids is 1. The summed E-state index contributed by atoms with van der Waals surface area (Å²) in [5.41, 5.74) is 0. The summed E-state index contributed by atoms with van der Waals surface area (Å²) in [6, 6.07) is 0. The van der Waals surface area contributed by atoms with Crippen molar-refractivity contribution >= 4 is 35.5 Å². The monoisotopic (exact) mass is 228 g/mol. The number of nitrogens with zero attached hydrogens (tertiary/aromatic N) is 1. The highest BCUT2D eigenvalue weighted by atomic mass is 127. The summed E-state index contributed by atoms with van der Waals surface area (Å²) in [6.07, 6.45) is 0. The molecule has 0 fully saturated rings. The first-order valence-corrected chi connectivity index (χ1v) is 2.86. The van der Waals surface area contributed by atoms with Crippen LogP contribution in [0.3, 0.4) is 0 Å². The molecular formula is C3H5IN2O2. The van der Waals surface area contributed by atoms with E-state index in [-0.39, 0.29) is 12.5 Å². The number of amides is 1. The molecule has 4 nitrogen and oxygen atoms in total. The van der Waals surface area contributed by atoms with Crippen LogP contribution in [0.2, 0.25) is 0 Å². The summed E-state index contributed by atoms with van der Waals surface area (Å²) < 4.78 is 2.29. The van der Waals surface area contributed by atoms with Gasteiger partial charge < -0.3 is 0 Å². The third-order valence-electron chi connectivity index (χ3n) is 0.427. The van der Waals surface area contributed by atoms with E-state index < -0.39 is 0 Å². The van der Waals surface area contributed by atoms with Gasteiger partial charge in [-0.2, -0.15) is 0 Å². The maximum atomic E-state index is 10.2. The first-order valence-electron chi connectivity index (χ1n) is 1.78. The number of nitrogens with one attached hydrogen (secondary N) is 1. The second-order valence-electron chi connectivity index (χ2n) is 0.918. The molecule has 0 saturated carbocycles. The van der Waals surface area contributed by atoms with E-state index in [1.54, 1.807) is 22.9 Å². The van der Waals surface area contributed by atoms with Gasteiger partial charge in [0.15, 0.2) is 0 Å². The van der Waals surface area contributed by atoms with Crippen molar-refractivity contribution in [1.82, 2.24) is 3.69 Å². The molecule has 0 saturated heterocycles. The van der Waals surface area contributed by atoms with Crippen LogP contribution in [0.5, 0.6) is 0 Å². The van der Waals surface area contributed by atoms with Gasteiger partial charge >= 0.3 is 0 Å². The summed E-state index contributed by atoms with van der Waals surface area (Å²) in [7, 11) is 0. The SMILES string of the molecule is C=NC(=O)CONI. The quantitative estimate of drug-likeness (QED) is 0.322. The van der Waals surface area contributed by atoms with Crippen molar-refractivity contribution in [2.24, 2.45) is 4.99 Å². The van der Waals surface area contributed by atoms with E-state index in [1.165, 1.54) is 0 Å². The van der Waals surface area contributed by atoms with Crippen LogP contribution >= 0.6 is 22.9 Å². The zero-order valence-corrected chi connectivity index (χ0v) is 6.21. The van der Waals surface area contributed by atoms with Gasteiger partial charge in [0.05, 0.1) is 0 Å². The smallest absolute Gasteiger partial charge is 0.273 e. The molecule has 0 heterocycles. The lowest BCUT2D eigenvalue weighted by atomic mass is 10.7. The largest absolute Gasteiger partial charge is 0.282 e. The average Bonchev–Trinajstić information content (AvgIpc) is 1.83. The Hall–Kier alpha value is -0.0100. The minimum absolute atomic E-state index is 0.0631. The van der Waals surface area contributed by atoms with Crippen LogP contribution in [0.1, 0.15) is 0 Å². The summed E-state index contributed by atoms with van der Waals surface area (Å²) in [5, 5.41) is 0. The minimum Gasteiger partial charge on any atom is -0.282 e. The molecular weight excluding hydrogens is 223 g/mol. The fourth-order valence-electron chi connectivity index (χ4n) is 0.135. The molecule has 1 amide bonds. The lowest BCUT2D eigenvalue weighted by Gasteiger charge is -1.91. The molecule has 0 aromatic heterocycles. The van der Waals surface area contributed by atoms with Crippen LogP contribution in [0.25, 0.3) is 0 Å². The first-order chi connectivity index (χ1) is 3.81. The molecule has 0 bridgehead atoms. The average molecular weight is 228 g/mol. The van der Waals surface area contributed by atoms with Gasteiger partial charge in [-0.15, -0.1) is 3.69 Å². The standard InChI is InChI=1S/C3H5IN2O2/c1-5-3(7)2-8-6-4/h6H,1-2H2. The lowest BCUT2D eigenvalue weighted by molar-refractivity contribution is -0.122. The highest BCUT2D eigenvalue weighted by molar-refractivity contribution is 14.1. The van der Waals surface area contributed by atoms with Gasteiger partial charge in [0.2, 0.25) is 0 Å². The summed E-state index contributed by atoms with van der Waals surface area (Å²) in [5.74, 6) is -0.380. The van der Waals surface area contributed by atoms with Gasteiger partial charge in [0.1, 0.15) is 6.61 Å². The molecule has 0 unspecified atom stereocenters. The molecule has 0 aliphatic rings. The Labute approximate surface area is 60.8 Å².